The van der Waals surface area contributed by atoms with Crippen molar-refractivity contribution in [2.24, 2.45) is 0 Å². The van der Waals surface area contributed by atoms with Crippen LogP contribution in [0.1, 0.15) is 30.9 Å². The monoisotopic (exact) mass is 315 g/mol. The first-order chi connectivity index (χ1) is 9.38. The predicted octanol–water partition coefficient (Wildman–Crippen LogP) is 2.05. The molecule has 1 atom stereocenters. The molecule has 0 spiro atoms. The molecule has 1 aliphatic rings. The van der Waals surface area contributed by atoms with Gasteiger partial charge in [0.25, 0.3) is 0 Å². The lowest BCUT2D eigenvalue weighted by molar-refractivity contribution is 0.280. The number of hydrogen-bond acceptors (Lipinski definition) is 4. The zero-order chi connectivity index (χ0) is 14.8. The fraction of sp³-hybridized carbons (Fsp3) is 0.571. The molecule has 1 unspecified atom stereocenters. The van der Waals surface area contributed by atoms with Gasteiger partial charge >= 0.3 is 0 Å². The summed E-state index contributed by atoms with van der Waals surface area (Å²) < 4.78 is 27.6. The summed E-state index contributed by atoms with van der Waals surface area (Å²) in [6, 6.07) is 4.99. The summed E-state index contributed by atoms with van der Waals surface area (Å²) in [5.74, 6) is 1.09. The van der Waals surface area contributed by atoms with E-state index in [0.29, 0.717) is 17.7 Å². The van der Waals surface area contributed by atoms with Crippen molar-refractivity contribution in [1.82, 2.24) is 4.72 Å². The van der Waals surface area contributed by atoms with Crippen molar-refractivity contribution in [3.05, 3.63) is 29.3 Å². The lowest BCUT2D eigenvalue weighted by Gasteiger charge is -2.23. The molecule has 1 fully saturated rings. The predicted molar refractivity (Wildman–Crippen MR) is 82.4 cm³/mol. The minimum atomic E-state index is -3.52. The summed E-state index contributed by atoms with van der Waals surface area (Å²) in [5.41, 5.74) is 1.26. The summed E-state index contributed by atoms with van der Waals surface area (Å²) in [5, 5.41) is 9.23. The molecule has 0 saturated carbocycles. The van der Waals surface area contributed by atoms with Gasteiger partial charge in [-0.15, -0.1) is 0 Å². The maximum Gasteiger partial charge on any atom is 0.240 e. The van der Waals surface area contributed by atoms with Crippen LogP contribution in [-0.4, -0.2) is 30.6 Å². The highest BCUT2D eigenvalue weighted by atomic mass is 32.2. The minimum Gasteiger partial charge on any atom is -0.392 e. The molecule has 112 valence electrons. The van der Waals surface area contributed by atoms with E-state index in [9.17, 15) is 13.5 Å². The third-order valence-electron chi connectivity index (χ3n) is 3.79. The number of hydrogen-bond donors (Lipinski definition) is 2. The highest BCUT2D eigenvalue weighted by Gasteiger charge is 2.31. The summed E-state index contributed by atoms with van der Waals surface area (Å²) in [6.45, 7) is 4.13. The van der Waals surface area contributed by atoms with Gasteiger partial charge in [0.2, 0.25) is 10.0 Å². The third-order valence-corrected chi connectivity index (χ3v) is 6.88. The molecule has 1 aromatic carbocycles. The Labute approximate surface area is 125 Å². The second kappa shape index (κ2) is 6.05. The van der Waals surface area contributed by atoms with Crippen molar-refractivity contribution < 1.29 is 13.5 Å². The van der Waals surface area contributed by atoms with Gasteiger partial charge in [-0.25, -0.2) is 13.1 Å². The lowest BCUT2D eigenvalue weighted by Crippen LogP contribution is -2.37. The van der Waals surface area contributed by atoms with E-state index in [0.717, 1.165) is 18.6 Å². The van der Waals surface area contributed by atoms with E-state index in [1.807, 2.05) is 11.8 Å². The molecule has 2 rings (SSSR count). The maximum atomic E-state index is 12.4. The molecule has 1 heterocycles. The van der Waals surface area contributed by atoms with Crippen LogP contribution in [0.5, 0.6) is 0 Å². The van der Waals surface area contributed by atoms with Crippen LogP contribution in [0.4, 0.5) is 0 Å². The first-order valence-electron chi connectivity index (χ1n) is 6.71. The van der Waals surface area contributed by atoms with Gasteiger partial charge in [-0.05, 0) is 49.6 Å². The zero-order valence-corrected chi connectivity index (χ0v) is 13.5. The Bertz CT molecular complexity index is 578. The fourth-order valence-electron chi connectivity index (χ4n) is 2.42. The molecule has 0 bridgehead atoms. The molecule has 20 heavy (non-hydrogen) atoms. The number of aliphatic hydroxyl groups is 1. The zero-order valence-electron chi connectivity index (χ0n) is 11.8. The molecule has 1 saturated heterocycles. The van der Waals surface area contributed by atoms with Gasteiger partial charge in [-0.1, -0.05) is 12.1 Å². The van der Waals surface area contributed by atoms with Crippen LogP contribution in [-0.2, 0) is 16.6 Å². The molecule has 6 heteroatoms. The van der Waals surface area contributed by atoms with Gasteiger partial charge < -0.3 is 5.11 Å². The second-order valence-corrected chi connectivity index (χ2v) is 8.84. The Balaban J connectivity index is 2.18. The van der Waals surface area contributed by atoms with E-state index in [-0.39, 0.29) is 16.2 Å². The van der Waals surface area contributed by atoms with E-state index in [2.05, 4.69) is 11.6 Å². The van der Waals surface area contributed by atoms with Crippen LogP contribution < -0.4 is 4.72 Å². The molecule has 2 N–H and O–H groups in total. The van der Waals surface area contributed by atoms with Gasteiger partial charge in [0.15, 0.2) is 0 Å². The fourth-order valence-corrected chi connectivity index (χ4v) is 5.22. The van der Waals surface area contributed by atoms with Gasteiger partial charge in [0, 0.05) is 11.3 Å². The number of aliphatic hydroxyl groups excluding tert-OH is 1. The number of benzene rings is 1. The summed E-state index contributed by atoms with van der Waals surface area (Å²) in [6.07, 6.45) is 2.18. The summed E-state index contributed by atoms with van der Waals surface area (Å²) in [4.78, 5) is 0.260. The van der Waals surface area contributed by atoms with E-state index in [1.54, 1.807) is 25.1 Å². The quantitative estimate of drug-likeness (QED) is 0.873. The Kier molecular flexibility index (Phi) is 4.79. The van der Waals surface area contributed by atoms with Crippen molar-refractivity contribution in [1.29, 1.82) is 0 Å². The Hall–Kier alpha value is -0.560. The van der Waals surface area contributed by atoms with Crippen molar-refractivity contribution in [2.45, 2.75) is 42.9 Å². The first kappa shape index (κ1) is 15.8. The van der Waals surface area contributed by atoms with Gasteiger partial charge in [0.05, 0.1) is 11.5 Å². The Morgan fingerprint density at radius 3 is 2.80 bits per heavy atom. The molecule has 4 nitrogen and oxygen atoms in total. The van der Waals surface area contributed by atoms with Crippen LogP contribution >= 0.6 is 11.8 Å². The first-order valence-corrected chi connectivity index (χ1v) is 9.18. The average molecular weight is 315 g/mol. The molecular formula is C14H21NO3S2. The van der Waals surface area contributed by atoms with Crippen molar-refractivity contribution in [3.8, 4) is 0 Å². The molecule has 0 amide bonds. The minimum absolute atomic E-state index is 0.00440. The molecule has 1 aromatic rings. The normalized spacial score (nSPS) is 23.1. The molecule has 0 aromatic heterocycles. The topological polar surface area (TPSA) is 66.4 Å². The third kappa shape index (κ3) is 3.36. The molecular weight excluding hydrogens is 294 g/mol. The standard InChI is InChI=1S/C14H21NO3S2/c1-11-12(9-16)5-3-6-13(11)20(17,18)15-10-14(2)7-4-8-19-14/h3,5-6,15-16H,4,7-10H2,1-2H3. The van der Waals surface area contributed by atoms with E-state index in [1.165, 1.54) is 0 Å². The van der Waals surface area contributed by atoms with Crippen LogP contribution in [0.15, 0.2) is 23.1 Å². The molecule has 0 radical (unpaired) electrons. The van der Waals surface area contributed by atoms with Gasteiger partial charge in [-0.3, -0.25) is 0 Å². The summed E-state index contributed by atoms with van der Waals surface area (Å²) >= 11 is 1.83. The molecule has 1 aliphatic heterocycles. The largest absolute Gasteiger partial charge is 0.392 e. The smallest absolute Gasteiger partial charge is 0.240 e. The Morgan fingerprint density at radius 2 is 2.20 bits per heavy atom. The maximum absolute atomic E-state index is 12.4. The van der Waals surface area contributed by atoms with Gasteiger partial charge in [0.1, 0.15) is 0 Å². The van der Waals surface area contributed by atoms with Crippen LogP contribution in [0, 0.1) is 6.92 Å². The van der Waals surface area contributed by atoms with Crippen LogP contribution in [0.3, 0.4) is 0 Å². The lowest BCUT2D eigenvalue weighted by atomic mass is 10.1. The van der Waals surface area contributed by atoms with Crippen LogP contribution in [0.25, 0.3) is 0 Å². The highest BCUT2D eigenvalue weighted by Crippen LogP contribution is 2.37. The molecule has 0 aliphatic carbocycles. The highest BCUT2D eigenvalue weighted by molar-refractivity contribution is 8.01. The number of thioether (sulfide) groups is 1. The van der Waals surface area contributed by atoms with E-state index >= 15 is 0 Å². The van der Waals surface area contributed by atoms with Crippen molar-refractivity contribution in [2.75, 3.05) is 12.3 Å². The number of sulfonamides is 1. The van der Waals surface area contributed by atoms with Crippen LogP contribution in [0.2, 0.25) is 0 Å². The van der Waals surface area contributed by atoms with E-state index in [4.69, 9.17) is 0 Å². The van der Waals surface area contributed by atoms with Gasteiger partial charge in [-0.2, -0.15) is 11.8 Å². The van der Waals surface area contributed by atoms with Crippen molar-refractivity contribution in [3.63, 3.8) is 0 Å². The average Bonchev–Trinajstić information content (AvgIpc) is 2.84. The summed E-state index contributed by atoms with van der Waals surface area (Å²) in [7, 11) is -3.52. The Morgan fingerprint density at radius 1 is 1.45 bits per heavy atom. The number of rotatable bonds is 5. The number of nitrogens with one attached hydrogen (secondary N) is 1. The SMILES string of the molecule is Cc1c(CO)cccc1S(=O)(=O)NCC1(C)CCCS1. The van der Waals surface area contributed by atoms with Crippen molar-refractivity contribution >= 4 is 21.8 Å². The second-order valence-electron chi connectivity index (χ2n) is 5.42. The van der Waals surface area contributed by atoms with E-state index < -0.39 is 10.0 Å².